The molecule has 0 spiro atoms. The molecule has 2 unspecified atom stereocenters. The van der Waals surface area contributed by atoms with E-state index >= 15 is 0 Å². The van der Waals surface area contributed by atoms with Gasteiger partial charge in [0.05, 0.1) is 11.7 Å². The zero-order chi connectivity index (χ0) is 12.4. The summed E-state index contributed by atoms with van der Waals surface area (Å²) in [7, 11) is 2.19. The van der Waals surface area contributed by atoms with Crippen molar-refractivity contribution in [1.29, 1.82) is 0 Å². The predicted octanol–water partition coefficient (Wildman–Crippen LogP) is 1.30. The molecule has 1 aromatic heterocycles. The smallest absolute Gasteiger partial charge is 0.109 e. The fourth-order valence-electron chi connectivity index (χ4n) is 2.22. The van der Waals surface area contributed by atoms with E-state index in [2.05, 4.69) is 34.1 Å². The molecule has 0 aliphatic carbocycles. The van der Waals surface area contributed by atoms with Gasteiger partial charge in [-0.3, -0.25) is 4.90 Å². The second kappa shape index (κ2) is 5.44. The summed E-state index contributed by atoms with van der Waals surface area (Å²) in [6, 6.07) is 0.660. The molecule has 1 saturated heterocycles. The van der Waals surface area contributed by atoms with Gasteiger partial charge in [-0.2, -0.15) is 0 Å². The van der Waals surface area contributed by atoms with Crippen molar-refractivity contribution >= 4 is 11.3 Å². The van der Waals surface area contributed by atoms with E-state index in [4.69, 9.17) is 5.73 Å². The third-order valence-corrected chi connectivity index (χ3v) is 4.39. The molecule has 1 aromatic rings. The Morgan fingerprint density at radius 2 is 2.35 bits per heavy atom. The molecule has 2 atom stereocenters. The summed E-state index contributed by atoms with van der Waals surface area (Å²) in [6.45, 7) is 8.65. The number of nitrogens with two attached hydrogens (primary N) is 1. The molecule has 96 valence electrons. The number of rotatable bonds is 3. The summed E-state index contributed by atoms with van der Waals surface area (Å²) in [5, 5.41) is 3.19. The van der Waals surface area contributed by atoms with E-state index in [1.165, 1.54) is 5.69 Å². The van der Waals surface area contributed by atoms with Gasteiger partial charge in [-0.15, -0.1) is 11.3 Å². The van der Waals surface area contributed by atoms with Crippen LogP contribution >= 0.6 is 11.3 Å². The van der Waals surface area contributed by atoms with Crippen molar-refractivity contribution in [2.75, 3.05) is 26.7 Å². The van der Waals surface area contributed by atoms with Crippen molar-refractivity contribution in [3.63, 3.8) is 0 Å². The maximum absolute atomic E-state index is 5.83. The Balaban J connectivity index is 1.95. The number of aromatic nitrogens is 1. The Kier molecular flexibility index (Phi) is 4.14. The molecule has 2 rings (SSSR count). The number of hydrogen-bond donors (Lipinski definition) is 1. The first-order valence-electron chi connectivity index (χ1n) is 6.18. The van der Waals surface area contributed by atoms with Crippen LogP contribution in [0.25, 0.3) is 0 Å². The highest BCUT2D eigenvalue weighted by Crippen LogP contribution is 2.18. The number of piperazine rings is 1. The van der Waals surface area contributed by atoms with Crippen LogP contribution in [0.4, 0.5) is 0 Å². The molecule has 4 nitrogen and oxygen atoms in total. The Morgan fingerprint density at radius 3 is 2.94 bits per heavy atom. The average Bonchev–Trinajstić information content (AvgIpc) is 2.71. The van der Waals surface area contributed by atoms with Crippen LogP contribution in [0.3, 0.4) is 0 Å². The largest absolute Gasteiger partial charge is 0.322 e. The van der Waals surface area contributed by atoms with E-state index in [0.29, 0.717) is 6.04 Å². The summed E-state index contributed by atoms with van der Waals surface area (Å²) < 4.78 is 0. The quantitative estimate of drug-likeness (QED) is 0.883. The molecule has 0 bridgehead atoms. The van der Waals surface area contributed by atoms with Crippen molar-refractivity contribution in [1.82, 2.24) is 14.8 Å². The van der Waals surface area contributed by atoms with Crippen LogP contribution in [0, 0.1) is 0 Å². The van der Waals surface area contributed by atoms with Gasteiger partial charge in [0.2, 0.25) is 0 Å². The molecular formula is C12H22N4S. The second-order valence-corrected chi connectivity index (χ2v) is 5.94. The highest BCUT2D eigenvalue weighted by molar-refractivity contribution is 7.09. The maximum Gasteiger partial charge on any atom is 0.109 e. The molecule has 2 heterocycles. The van der Waals surface area contributed by atoms with Gasteiger partial charge < -0.3 is 10.6 Å². The minimum atomic E-state index is 0.0543. The number of likely N-dealkylation sites (N-methyl/N-ethyl adjacent to an activating group) is 1. The standard InChI is InChI=1S/C12H22N4S/c1-9-6-15(3)4-5-16(9)7-11-8-17-12(14-11)10(2)13/h8-10H,4-7,13H2,1-3H3. The summed E-state index contributed by atoms with van der Waals surface area (Å²) in [6.07, 6.45) is 0. The third-order valence-electron chi connectivity index (χ3n) is 3.29. The van der Waals surface area contributed by atoms with E-state index in [1.54, 1.807) is 11.3 Å². The van der Waals surface area contributed by atoms with Crippen molar-refractivity contribution in [2.45, 2.75) is 32.5 Å². The van der Waals surface area contributed by atoms with Gasteiger partial charge in [0, 0.05) is 37.6 Å². The topological polar surface area (TPSA) is 45.4 Å². The minimum Gasteiger partial charge on any atom is -0.322 e. The third kappa shape index (κ3) is 3.25. The van der Waals surface area contributed by atoms with Crippen LogP contribution in [0.1, 0.15) is 30.6 Å². The first-order chi connectivity index (χ1) is 8.06. The maximum atomic E-state index is 5.83. The molecule has 2 N–H and O–H groups in total. The lowest BCUT2D eigenvalue weighted by Crippen LogP contribution is -2.49. The van der Waals surface area contributed by atoms with Crippen molar-refractivity contribution < 1.29 is 0 Å². The van der Waals surface area contributed by atoms with E-state index < -0.39 is 0 Å². The molecular weight excluding hydrogens is 232 g/mol. The second-order valence-electron chi connectivity index (χ2n) is 5.05. The van der Waals surface area contributed by atoms with Gasteiger partial charge in [0.1, 0.15) is 5.01 Å². The zero-order valence-electron chi connectivity index (χ0n) is 10.9. The highest BCUT2D eigenvalue weighted by atomic mass is 32.1. The molecule has 0 aromatic carbocycles. The number of nitrogens with zero attached hydrogens (tertiary/aromatic N) is 3. The molecule has 1 aliphatic heterocycles. The monoisotopic (exact) mass is 254 g/mol. The molecule has 17 heavy (non-hydrogen) atoms. The Labute approximate surface area is 107 Å². The molecule has 1 aliphatic rings. The van der Waals surface area contributed by atoms with Crippen LogP contribution in [0.5, 0.6) is 0 Å². The average molecular weight is 254 g/mol. The lowest BCUT2D eigenvalue weighted by molar-refractivity contribution is 0.0928. The first kappa shape index (κ1) is 13.0. The SMILES string of the molecule is CC(N)c1nc(CN2CCN(C)CC2C)cs1. The van der Waals surface area contributed by atoms with Crippen LogP contribution in [-0.2, 0) is 6.54 Å². The van der Waals surface area contributed by atoms with Crippen molar-refractivity contribution in [2.24, 2.45) is 5.73 Å². The normalized spacial score (nSPS) is 25.1. The van der Waals surface area contributed by atoms with E-state index in [1.807, 2.05) is 6.92 Å². The summed E-state index contributed by atoms with van der Waals surface area (Å²) >= 11 is 1.67. The Bertz CT molecular complexity index is 363. The van der Waals surface area contributed by atoms with Gasteiger partial charge in [0.15, 0.2) is 0 Å². The lowest BCUT2D eigenvalue weighted by atomic mass is 10.2. The van der Waals surface area contributed by atoms with E-state index in [0.717, 1.165) is 31.2 Å². The number of hydrogen-bond acceptors (Lipinski definition) is 5. The highest BCUT2D eigenvalue weighted by Gasteiger charge is 2.22. The van der Waals surface area contributed by atoms with Gasteiger partial charge in [-0.25, -0.2) is 4.98 Å². The van der Waals surface area contributed by atoms with Crippen molar-refractivity contribution in [3.05, 3.63) is 16.1 Å². The van der Waals surface area contributed by atoms with Gasteiger partial charge >= 0.3 is 0 Å². The van der Waals surface area contributed by atoms with E-state index in [-0.39, 0.29) is 6.04 Å². The fourth-order valence-corrected chi connectivity index (χ4v) is 2.99. The van der Waals surface area contributed by atoms with Crippen LogP contribution in [-0.4, -0.2) is 47.5 Å². The van der Waals surface area contributed by atoms with Crippen LogP contribution in [0.2, 0.25) is 0 Å². The van der Waals surface area contributed by atoms with E-state index in [9.17, 15) is 0 Å². The Morgan fingerprint density at radius 1 is 1.59 bits per heavy atom. The molecule has 0 radical (unpaired) electrons. The Hall–Kier alpha value is -0.490. The predicted molar refractivity (Wildman–Crippen MR) is 72.1 cm³/mol. The zero-order valence-corrected chi connectivity index (χ0v) is 11.7. The van der Waals surface area contributed by atoms with Gasteiger partial charge in [0.25, 0.3) is 0 Å². The fraction of sp³-hybridized carbons (Fsp3) is 0.750. The minimum absolute atomic E-state index is 0.0543. The summed E-state index contributed by atoms with van der Waals surface area (Å²) in [5.74, 6) is 0. The van der Waals surface area contributed by atoms with Gasteiger partial charge in [-0.1, -0.05) is 0 Å². The molecule has 0 saturated carbocycles. The molecule has 0 amide bonds. The van der Waals surface area contributed by atoms with Crippen LogP contribution < -0.4 is 5.73 Å². The summed E-state index contributed by atoms with van der Waals surface area (Å²) in [5.41, 5.74) is 7.00. The van der Waals surface area contributed by atoms with Crippen LogP contribution in [0.15, 0.2) is 5.38 Å². The van der Waals surface area contributed by atoms with Gasteiger partial charge in [-0.05, 0) is 20.9 Å². The first-order valence-corrected chi connectivity index (χ1v) is 7.06. The lowest BCUT2D eigenvalue weighted by Gasteiger charge is -2.37. The van der Waals surface area contributed by atoms with Crippen molar-refractivity contribution in [3.8, 4) is 0 Å². The summed E-state index contributed by atoms with van der Waals surface area (Å²) in [4.78, 5) is 9.48. The number of thiazole rings is 1. The molecule has 5 heteroatoms. The molecule has 1 fully saturated rings.